The van der Waals surface area contributed by atoms with Gasteiger partial charge in [-0.2, -0.15) is 0 Å². The van der Waals surface area contributed by atoms with Gasteiger partial charge < -0.3 is 0 Å². The Kier molecular flexibility index (Phi) is 3.24. The van der Waals surface area contributed by atoms with Crippen LogP contribution in [0.5, 0.6) is 0 Å². The highest BCUT2D eigenvalue weighted by Crippen LogP contribution is 2.60. The van der Waals surface area contributed by atoms with Gasteiger partial charge in [0, 0.05) is 5.41 Å². The van der Waals surface area contributed by atoms with E-state index in [2.05, 4.69) is 0 Å². The fraction of sp³-hybridized carbons (Fsp3) is 0.850. The first-order valence-electron chi connectivity index (χ1n) is 9.94. The number of rotatable bonds is 3. The minimum Gasteiger partial charge on any atom is -0.297 e. The van der Waals surface area contributed by atoms with Gasteiger partial charge >= 0.3 is 0 Å². The molecule has 5 aliphatic carbocycles. The van der Waals surface area contributed by atoms with Crippen LogP contribution in [-0.4, -0.2) is 29.0 Å². The molecule has 6 rings (SSSR count). The number of fused-ring (bicyclic) bond motifs is 1. The van der Waals surface area contributed by atoms with E-state index in [1.54, 1.807) is 0 Å². The number of hydrogen-bond donors (Lipinski definition) is 0. The van der Waals surface area contributed by atoms with E-state index in [0.717, 1.165) is 44.9 Å². The molecule has 24 heavy (non-hydrogen) atoms. The molecule has 2 atom stereocenters. The van der Waals surface area contributed by atoms with Crippen molar-refractivity contribution in [3.63, 3.8) is 0 Å². The summed E-state index contributed by atoms with van der Waals surface area (Å²) in [5.41, 5.74) is -0.205. The van der Waals surface area contributed by atoms with Crippen LogP contribution < -0.4 is 0 Å². The van der Waals surface area contributed by atoms with Crippen molar-refractivity contribution in [3.05, 3.63) is 0 Å². The molecule has 2 amide bonds. The van der Waals surface area contributed by atoms with E-state index in [1.165, 1.54) is 24.2 Å². The lowest BCUT2D eigenvalue weighted by molar-refractivity contribution is -0.152. The monoisotopic (exact) mass is 329 g/mol. The highest BCUT2D eigenvalue weighted by atomic mass is 16.2. The Bertz CT molecular complexity index is 551. The molecule has 0 N–H and O–H groups in total. The zero-order chi connectivity index (χ0) is 16.5. The van der Waals surface area contributed by atoms with Crippen LogP contribution in [0.1, 0.15) is 64.2 Å². The van der Waals surface area contributed by atoms with Gasteiger partial charge in [0.1, 0.15) is 0 Å². The van der Waals surface area contributed by atoms with E-state index in [0.29, 0.717) is 17.8 Å². The van der Waals surface area contributed by atoms with E-state index in [1.807, 2.05) is 0 Å². The third-order valence-electron chi connectivity index (χ3n) is 7.86. The third-order valence-corrected chi connectivity index (χ3v) is 7.86. The van der Waals surface area contributed by atoms with Gasteiger partial charge in [0.15, 0.2) is 5.78 Å². The van der Waals surface area contributed by atoms with E-state index < -0.39 is 0 Å². The predicted octanol–water partition coefficient (Wildman–Crippen LogP) is 2.95. The molecule has 0 aromatic heterocycles. The van der Waals surface area contributed by atoms with E-state index in [9.17, 15) is 14.4 Å². The van der Waals surface area contributed by atoms with Gasteiger partial charge in [-0.3, -0.25) is 19.3 Å². The summed E-state index contributed by atoms with van der Waals surface area (Å²) in [5.74, 6) is 1.98. The van der Waals surface area contributed by atoms with E-state index in [-0.39, 0.29) is 41.4 Å². The second-order valence-corrected chi connectivity index (χ2v) is 9.38. The van der Waals surface area contributed by atoms with Crippen LogP contribution in [0.4, 0.5) is 0 Å². The van der Waals surface area contributed by atoms with Gasteiger partial charge in [0.05, 0.1) is 18.4 Å². The second kappa shape index (κ2) is 5.15. The number of Topliss-reactive ketones (excluding diaryl/α,β-unsaturated/α-hetero) is 1. The zero-order valence-corrected chi connectivity index (χ0v) is 14.3. The number of carbonyl (C=O) groups is 3. The standard InChI is InChI=1S/C20H27NO3/c22-17(20-8-12-5-13(9-20)7-14(6-12)10-20)11-21-18(23)15-3-1-2-4-16(15)19(21)24/h12-16H,1-11H2/t12?,13?,14?,15-,16+,20?. The minimum absolute atomic E-state index is 0.0530. The number of nitrogens with zero attached hydrogens (tertiary/aromatic N) is 1. The first-order valence-corrected chi connectivity index (χ1v) is 9.94. The first kappa shape index (κ1) is 15.1. The Labute approximate surface area is 143 Å². The number of likely N-dealkylation sites (tertiary alicyclic amines) is 1. The third kappa shape index (κ3) is 2.07. The molecule has 1 aliphatic heterocycles. The SMILES string of the molecule is O=C1[C@H]2CCCC[C@H]2C(=O)N1CC(=O)C12CC3CC(CC(C3)C1)C2. The normalized spacial score (nSPS) is 46.5. The molecular formula is C20H27NO3. The quantitative estimate of drug-likeness (QED) is 0.748. The average molecular weight is 329 g/mol. The van der Waals surface area contributed by atoms with Crippen molar-refractivity contribution in [2.24, 2.45) is 35.0 Å². The number of imide groups is 1. The molecule has 4 nitrogen and oxygen atoms in total. The van der Waals surface area contributed by atoms with E-state index in [4.69, 9.17) is 0 Å². The summed E-state index contributed by atoms with van der Waals surface area (Å²) in [4.78, 5) is 39.9. The fourth-order valence-electron chi connectivity index (χ4n) is 7.15. The summed E-state index contributed by atoms with van der Waals surface area (Å²) >= 11 is 0. The molecule has 0 aromatic carbocycles. The summed E-state index contributed by atoms with van der Waals surface area (Å²) in [5, 5.41) is 0. The number of ketones is 1. The van der Waals surface area contributed by atoms with Crippen molar-refractivity contribution >= 4 is 17.6 Å². The first-order chi connectivity index (χ1) is 11.6. The Morgan fingerprint density at radius 2 is 1.33 bits per heavy atom. The molecule has 6 aliphatic rings. The van der Waals surface area contributed by atoms with Crippen molar-refractivity contribution in [1.29, 1.82) is 0 Å². The summed E-state index contributed by atoms with van der Waals surface area (Å²) in [6.07, 6.45) is 10.7. The lowest BCUT2D eigenvalue weighted by Gasteiger charge is -2.56. The molecule has 6 fully saturated rings. The Balaban J connectivity index is 1.35. The van der Waals surface area contributed by atoms with Crippen LogP contribution in [0.15, 0.2) is 0 Å². The molecule has 130 valence electrons. The predicted molar refractivity (Wildman–Crippen MR) is 87.8 cm³/mol. The molecule has 1 heterocycles. The molecule has 5 saturated carbocycles. The maximum Gasteiger partial charge on any atom is 0.233 e. The lowest BCUT2D eigenvalue weighted by atomic mass is 9.48. The average Bonchev–Trinajstić information content (AvgIpc) is 2.79. The number of hydrogen-bond acceptors (Lipinski definition) is 3. The summed E-state index contributed by atoms with van der Waals surface area (Å²) in [6.45, 7) is 0.0663. The van der Waals surface area contributed by atoms with Crippen LogP contribution in [0.2, 0.25) is 0 Å². The molecule has 0 aromatic rings. The Hall–Kier alpha value is -1.19. The van der Waals surface area contributed by atoms with Gasteiger partial charge in [-0.25, -0.2) is 0 Å². The molecule has 4 bridgehead atoms. The van der Waals surface area contributed by atoms with Crippen LogP contribution in [0.25, 0.3) is 0 Å². The van der Waals surface area contributed by atoms with Gasteiger partial charge in [0.25, 0.3) is 0 Å². The topological polar surface area (TPSA) is 54.5 Å². The van der Waals surface area contributed by atoms with Crippen molar-refractivity contribution in [2.45, 2.75) is 64.2 Å². The highest BCUT2D eigenvalue weighted by Gasteiger charge is 2.56. The molecule has 0 radical (unpaired) electrons. The van der Waals surface area contributed by atoms with Crippen LogP contribution in [0.3, 0.4) is 0 Å². The van der Waals surface area contributed by atoms with Crippen molar-refractivity contribution in [1.82, 2.24) is 4.90 Å². The molecule has 0 unspecified atom stereocenters. The van der Waals surface area contributed by atoms with Crippen LogP contribution in [-0.2, 0) is 14.4 Å². The molecule has 1 saturated heterocycles. The van der Waals surface area contributed by atoms with Crippen molar-refractivity contribution in [2.75, 3.05) is 6.54 Å². The fourth-order valence-corrected chi connectivity index (χ4v) is 7.15. The minimum atomic E-state index is -0.205. The largest absolute Gasteiger partial charge is 0.297 e. The van der Waals surface area contributed by atoms with Gasteiger partial charge in [-0.1, -0.05) is 12.8 Å². The number of carbonyl (C=O) groups excluding carboxylic acids is 3. The van der Waals surface area contributed by atoms with Crippen LogP contribution >= 0.6 is 0 Å². The molecular weight excluding hydrogens is 302 g/mol. The molecule has 0 spiro atoms. The van der Waals surface area contributed by atoms with Gasteiger partial charge in [0.2, 0.25) is 11.8 Å². The lowest BCUT2D eigenvalue weighted by Crippen LogP contribution is -2.53. The maximum atomic E-state index is 13.2. The van der Waals surface area contributed by atoms with Gasteiger partial charge in [-0.15, -0.1) is 0 Å². The number of amides is 2. The highest BCUT2D eigenvalue weighted by molar-refractivity contribution is 6.08. The second-order valence-electron chi connectivity index (χ2n) is 9.38. The maximum absolute atomic E-state index is 13.2. The van der Waals surface area contributed by atoms with Crippen LogP contribution in [0, 0.1) is 35.0 Å². The van der Waals surface area contributed by atoms with Crippen molar-refractivity contribution < 1.29 is 14.4 Å². The van der Waals surface area contributed by atoms with Gasteiger partial charge in [-0.05, 0) is 69.1 Å². The zero-order valence-electron chi connectivity index (χ0n) is 14.3. The Morgan fingerprint density at radius 3 is 1.79 bits per heavy atom. The Morgan fingerprint density at radius 1 is 0.875 bits per heavy atom. The summed E-state index contributed by atoms with van der Waals surface area (Å²) < 4.78 is 0. The summed E-state index contributed by atoms with van der Waals surface area (Å²) in [6, 6.07) is 0. The molecule has 4 heteroatoms. The van der Waals surface area contributed by atoms with Crippen molar-refractivity contribution in [3.8, 4) is 0 Å². The smallest absolute Gasteiger partial charge is 0.233 e. The van der Waals surface area contributed by atoms with E-state index >= 15 is 0 Å². The summed E-state index contributed by atoms with van der Waals surface area (Å²) in [7, 11) is 0.